The van der Waals surface area contributed by atoms with Crippen molar-refractivity contribution in [3.8, 4) is 5.75 Å². The summed E-state index contributed by atoms with van der Waals surface area (Å²) in [6.45, 7) is 3.02. The Morgan fingerprint density at radius 1 is 1.20 bits per heavy atom. The third-order valence-corrected chi connectivity index (χ3v) is 4.83. The number of rotatable bonds is 9. The van der Waals surface area contributed by atoms with Crippen LogP contribution in [0.15, 0.2) is 29.3 Å². The van der Waals surface area contributed by atoms with Gasteiger partial charge in [-0.3, -0.25) is 4.99 Å². The second kappa shape index (κ2) is 11.8. The van der Waals surface area contributed by atoms with E-state index in [-0.39, 0.29) is 24.0 Å². The molecule has 25 heavy (non-hydrogen) atoms. The van der Waals surface area contributed by atoms with E-state index in [0.717, 1.165) is 31.3 Å². The Labute approximate surface area is 172 Å². The summed E-state index contributed by atoms with van der Waals surface area (Å²) in [5.41, 5.74) is 0.368. The molecule has 0 aliphatic heterocycles. The Bertz CT molecular complexity index is 522. The summed E-state index contributed by atoms with van der Waals surface area (Å²) in [4.78, 5) is 4.28. The van der Waals surface area contributed by atoms with Crippen LogP contribution in [0.25, 0.3) is 0 Å². The standard InChI is InChI=1S/C18H28ClN3O2.HI/c1-20-17(22-14-18(8-3-9-18)10-12-23-2)21-11-13-24-16-6-4-15(19)5-7-16;/h4-7H,3,8-14H2,1-2H3,(H2,20,21,22);1H. The molecule has 0 radical (unpaired) electrons. The van der Waals surface area contributed by atoms with Crippen LogP contribution in [0, 0.1) is 5.41 Å². The summed E-state index contributed by atoms with van der Waals surface area (Å²) in [7, 11) is 3.55. The van der Waals surface area contributed by atoms with E-state index in [0.29, 0.717) is 23.6 Å². The number of hydrogen-bond donors (Lipinski definition) is 2. The van der Waals surface area contributed by atoms with E-state index in [1.807, 2.05) is 24.3 Å². The zero-order valence-electron chi connectivity index (χ0n) is 15.0. The van der Waals surface area contributed by atoms with Gasteiger partial charge in [-0.25, -0.2) is 0 Å². The summed E-state index contributed by atoms with van der Waals surface area (Å²) in [5.74, 6) is 1.63. The number of methoxy groups -OCH3 is 1. The smallest absolute Gasteiger partial charge is 0.191 e. The average Bonchev–Trinajstić information content (AvgIpc) is 2.57. The minimum Gasteiger partial charge on any atom is -0.492 e. The zero-order chi connectivity index (χ0) is 17.3. The van der Waals surface area contributed by atoms with Crippen LogP contribution in [0.1, 0.15) is 25.7 Å². The van der Waals surface area contributed by atoms with E-state index in [9.17, 15) is 0 Å². The number of aliphatic imine (C=N–C) groups is 1. The van der Waals surface area contributed by atoms with Crippen molar-refractivity contribution in [3.05, 3.63) is 29.3 Å². The van der Waals surface area contributed by atoms with Crippen molar-refractivity contribution in [2.24, 2.45) is 10.4 Å². The molecule has 2 N–H and O–H groups in total. The van der Waals surface area contributed by atoms with Gasteiger partial charge in [0.1, 0.15) is 12.4 Å². The van der Waals surface area contributed by atoms with Crippen molar-refractivity contribution < 1.29 is 9.47 Å². The fraction of sp³-hybridized carbons (Fsp3) is 0.611. The highest BCUT2D eigenvalue weighted by Gasteiger charge is 2.36. The van der Waals surface area contributed by atoms with Crippen molar-refractivity contribution >= 4 is 41.5 Å². The molecule has 1 aliphatic carbocycles. The number of guanidine groups is 1. The van der Waals surface area contributed by atoms with Gasteiger partial charge < -0.3 is 20.1 Å². The molecule has 142 valence electrons. The lowest BCUT2D eigenvalue weighted by atomic mass is 9.67. The number of nitrogens with one attached hydrogen (secondary N) is 2. The van der Waals surface area contributed by atoms with Crippen LogP contribution in [-0.4, -0.2) is 46.4 Å². The second-order valence-corrected chi connectivity index (χ2v) is 6.69. The van der Waals surface area contributed by atoms with Crippen LogP contribution in [0.2, 0.25) is 5.02 Å². The minimum absolute atomic E-state index is 0. The fourth-order valence-electron chi connectivity index (χ4n) is 2.87. The Kier molecular flexibility index (Phi) is 10.5. The van der Waals surface area contributed by atoms with Gasteiger partial charge in [0.2, 0.25) is 0 Å². The third kappa shape index (κ3) is 7.58. The van der Waals surface area contributed by atoms with Gasteiger partial charge in [-0.05, 0) is 48.9 Å². The predicted octanol–water partition coefficient (Wildman–Crippen LogP) is 3.71. The van der Waals surface area contributed by atoms with Gasteiger partial charge >= 0.3 is 0 Å². The SMILES string of the molecule is CN=C(NCCOc1ccc(Cl)cc1)NCC1(CCOC)CCC1.I. The van der Waals surface area contributed by atoms with Crippen LogP contribution < -0.4 is 15.4 Å². The normalized spacial score (nSPS) is 15.7. The topological polar surface area (TPSA) is 54.9 Å². The molecule has 0 unspecified atom stereocenters. The fourth-order valence-corrected chi connectivity index (χ4v) is 3.00. The van der Waals surface area contributed by atoms with Crippen molar-refractivity contribution in [1.82, 2.24) is 10.6 Å². The molecule has 0 aromatic heterocycles. The molecule has 1 aromatic carbocycles. The first kappa shape index (κ1) is 22.3. The highest BCUT2D eigenvalue weighted by atomic mass is 127. The van der Waals surface area contributed by atoms with E-state index < -0.39 is 0 Å². The van der Waals surface area contributed by atoms with Gasteiger partial charge in [-0.1, -0.05) is 18.0 Å². The van der Waals surface area contributed by atoms with Gasteiger partial charge in [0, 0.05) is 32.3 Å². The number of hydrogen-bond acceptors (Lipinski definition) is 3. The first-order valence-electron chi connectivity index (χ1n) is 8.49. The second-order valence-electron chi connectivity index (χ2n) is 6.25. The number of benzene rings is 1. The van der Waals surface area contributed by atoms with Gasteiger partial charge in [0.05, 0.1) is 6.54 Å². The van der Waals surface area contributed by atoms with Crippen molar-refractivity contribution in [1.29, 1.82) is 0 Å². The third-order valence-electron chi connectivity index (χ3n) is 4.58. The van der Waals surface area contributed by atoms with Crippen molar-refractivity contribution in [3.63, 3.8) is 0 Å². The summed E-state index contributed by atoms with van der Waals surface area (Å²) < 4.78 is 10.9. The molecule has 0 heterocycles. The maximum absolute atomic E-state index is 5.85. The Balaban J connectivity index is 0.00000312. The minimum atomic E-state index is 0. The molecule has 2 rings (SSSR count). The molecule has 1 aliphatic rings. The first-order chi connectivity index (χ1) is 11.7. The van der Waals surface area contributed by atoms with Gasteiger partial charge in [0.25, 0.3) is 0 Å². The molecule has 0 spiro atoms. The number of nitrogens with zero attached hydrogens (tertiary/aromatic N) is 1. The van der Waals surface area contributed by atoms with Crippen molar-refractivity contribution in [2.45, 2.75) is 25.7 Å². The molecular weight excluding hydrogens is 453 g/mol. The molecule has 1 saturated carbocycles. The summed E-state index contributed by atoms with van der Waals surface area (Å²) in [6.07, 6.45) is 4.94. The lowest BCUT2D eigenvalue weighted by Gasteiger charge is -2.42. The van der Waals surface area contributed by atoms with Crippen LogP contribution in [-0.2, 0) is 4.74 Å². The average molecular weight is 482 g/mol. The monoisotopic (exact) mass is 481 g/mol. The van der Waals surface area contributed by atoms with Crippen molar-refractivity contribution in [2.75, 3.05) is 40.5 Å². The van der Waals surface area contributed by atoms with E-state index in [1.54, 1.807) is 14.2 Å². The van der Waals surface area contributed by atoms with Crippen LogP contribution >= 0.6 is 35.6 Å². The number of ether oxygens (including phenoxy) is 2. The molecular formula is C18H29ClIN3O2. The zero-order valence-corrected chi connectivity index (χ0v) is 18.1. The lowest BCUT2D eigenvalue weighted by Crippen LogP contribution is -2.47. The van der Waals surface area contributed by atoms with Gasteiger partial charge in [0.15, 0.2) is 5.96 Å². The Morgan fingerprint density at radius 2 is 1.92 bits per heavy atom. The quantitative estimate of drug-likeness (QED) is 0.244. The molecule has 0 amide bonds. The van der Waals surface area contributed by atoms with Crippen LogP contribution in [0.5, 0.6) is 5.75 Å². The molecule has 0 saturated heterocycles. The Morgan fingerprint density at radius 3 is 2.48 bits per heavy atom. The molecule has 1 fully saturated rings. The summed E-state index contributed by atoms with van der Waals surface area (Å²) in [6, 6.07) is 7.38. The summed E-state index contributed by atoms with van der Waals surface area (Å²) in [5, 5.41) is 7.43. The molecule has 1 aromatic rings. The van der Waals surface area contributed by atoms with Gasteiger partial charge in [-0.2, -0.15) is 0 Å². The van der Waals surface area contributed by atoms with Gasteiger partial charge in [-0.15, -0.1) is 24.0 Å². The Hall–Kier alpha value is -0.730. The first-order valence-corrected chi connectivity index (χ1v) is 8.87. The maximum Gasteiger partial charge on any atom is 0.191 e. The van der Waals surface area contributed by atoms with Crippen LogP contribution in [0.4, 0.5) is 0 Å². The van der Waals surface area contributed by atoms with Crippen LogP contribution in [0.3, 0.4) is 0 Å². The lowest BCUT2D eigenvalue weighted by molar-refractivity contribution is 0.0732. The van der Waals surface area contributed by atoms with E-state index >= 15 is 0 Å². The molecule has 5 nitrogen and oxygen atoms in total. The maximum atomic E-state index is 5.85. The molecule has 0 atom stereocenters. The predicted molar refractivity (Wildman–Crippen MR) is 115 cm³/mol. The molecule has 7 heteroatoms. The largest absolute Gasteiger partial charge is 0.492 e. The highest BCUT2D eigenvalue weighted by molar-refractivity contribution is 14.0. The van der Waals surface area contributed by atoms with E-state index in [2.05, 4.69) is 15.6 Å². The highest BCUT2D eigenvalue weighted by Crippen LogP contribution is 2.43. The summed E-state index contributed by atoms with van der Waals surface area (Å²) >= 11 is 5.85. The molecule has 0 bridgehead atoms. The van der Waals surface area contributed by atoms with E-state index in [4.69, 9.17) is 21.1 Å². The van der Waals surface area contributed by atoms with E-state index in [1.165, 1.54) is 19.3 Å². The number of halogens is 2.